The summed E-state index contributed by atoms with van der Waals surface area (Å²) in [5.74, 6) is 0.931. The zero-order valence-corrected chi connectivity index (χ0v) is 13.5. The Labute approximate surface area is 118 Å². The smallest absolute Gasteiger partial charge is 0.191 e. The van der Waals surface area contributed by atoms with Gasteiger partial charge in [-0.2, -0.15) is 0 Å². The number of hydrogen-bond acceptors (Lipinski definition) is 1. The van der Waals surface area contributed by atoms with Crippen molar-refractivity contribution in [2.24, 2.45) is 4.99 Å². The predicted octanol–water partition coefficient (Wildman–Crippen LogP) is 3.15. The molecule has 16 heavy (non-hydrogen) atoms. The summed E-state index contributed by atoms with van der Waals surface area (Å²) in [6, 6.07) is 0.514. The number of halogens is 1. The highest BCUT2D eigenvalue weighted by molar-refractivity contribution is 14.0. The second-order valence-electron chi connectivity index (χ2n) is 4.04. The van der Waals surface area contributed by atoms with Crippen molar-refractivity contribution in [3.63, 3.8) is 0 Å². The summed E-state index contributed by atoms with van der Waals surface area (Å²) >= 11 is 0. The van der Waals surface area contributed by atoms with Gasteiger partial charge in [-0.25, -0.2) is 0 Å². The summed E-state index contributed by atoms with van der Waals surface area (Å²) in [4.78, 5) is 4.19. The van der Waals surface area contributed by atoms with E-state index in [4.69, 9.17) is 0 Å². The molecule has 2 N–H and O–H groups in total. The van der Waals surface area contributed by atoms with E-state index in [-0.39, 0.29) is 24.0 Å². The number of guanidine groups is 1. The van der Waals surface area contributed by atoms with Crippen LogP contribution in [0.3, 0.4) is 0 Å². The van der Waals surface area contributed by atoms with Gasteiger partial charge in [0, 0.05) is 19.6 Å². The zero-order chi connectivity index (χ0) is 11.5. The van der Waals surface area contributed by atoms with Gasteiger partial charge in [0.25, 0.3) is 0 Å². The topological polar surface area (TPSA) is 36.4 Å². The number of hydrogen-bond donors (Lipinski definition) is 2. The van der Waals surface area contributed by atoms with Gasteiger partial charge in [-0.3, -0.25) is 4.99 Å². The quantitative estimate of drug-likeness (QED) is 0.323. The highest BCUT2D eigenvalue weighted by Gasteiger charge is 2.03. The molecule has 0 fully saturated rings. The molecule has 1 unspecified atom stereocenters. The third kappa shape index (κ3) is 10.5. The lowest BCUT2D eigenvalue weighted by molar-refractivity contribution is 0.546. The van der Waals surface area contributed by atoms with E-state index in [1.54, 1.807) is 0 Å². The molecule has 3 nitrogen and oxygen atoms in total. The molecular formula is C12H28IN3. The van der Waals surface area contributed by atoms with Crippen molar-refractivity contribution in [3.8, 4) is 0 Å². The number of unbranched alkanes of at least 4 members (excludes halogenated alkanes) is 2. The predicted molar refractivity (Wildman–Crippen MR) is 83.8 cm³/mol. The van der Waals surface area contributed by atoms with Crippen LogP contribution < -0.4 is 10.6 Å². The normalized spacial score (nSPS) is 12.9. The Morgan fingerprint density at radius 3 is 2.38 bits per heavy atom. The first-order valence-electron chi connectivity index (χ1n) is 6.21. The Morgan fingerprint density at radius 1 is 1.19 bits per heavy atom. The Hall–Kier alpha value is 0. The Kier molecular flexibility index (Phi) is 15.0. The van der Waals surface area contributed by atoms with Crippen LogP contribution >= 0.6 is 24.0 Å². The molecule has 0 aliphatic rings. The second-order valence-corrected chi connectivity index (χ2v) is 4.04. The summed E-state index contributed by atoms with van der Waals surface area (Å²) in [7, 11) is 1.82. The molecule has 0 heterocycles. The van der Waals surface area contributed by atoms with Crippen molar-refractivity contribution < 1.29 is 0 Å². The van der Waals surface area contributed by atoms with Gasteiger partial charge >= 0.3 is 0 Å². The molecule has 4 heteroatoms. The van der Waals surface area contributed by atoms with Gasteiger partial charge in [-0.05, 0) is 19.8 Å². The summed E-state index contributed by atoms with van der Waals surface area (Å²) in [6.07, 6.45) is 6.27. The molecule has 1 atom stereocenters. The summed E-state index contributed by atoms with van der Waals surface area (Å²) < 4.78 is 0. The Bertz CT molecular complexity index is 172. The minimum atomic E-state index is 0. The van der Waals surface area contributed by atoms with Crippen LogP contribution in [0.4, 0.5) is 0 Å². The first-order valence-corrected chi connectivity index (χ1v) is 6.21. The van der Waals surface area contributed by atoms with E-state index in [1.807, 2.05) is 7.05 Å². The minimum Gasteiger partial charge on any atom is -0.356 e. The van der Waals surface area contributed by atoms with E-state index < -0.39 is 0 Å². The van der Waals surface area contributed by atoms with Crippen LogP contribution in [0.25, 0.3) is 0 Å². The maximum Gasteiger partial charge on any atom is 0.191 e. The fraction of sp³-hybridized carbons (Fsp3) is 0.917. The van der Waals surface area contributed by atoms with E-state index >= 15 is 0 Å². The molecule has 98 valence electrons. The maximum atomic E-state index is 4.19. The number of rotatable bonds is 7. The van der Waals surface area contributed by atoms with E-state index in [2.05, 4.69) is 36.4 Å². The molecule has 0 aromatic rings. The molecule has 0 aromatic carbocycles. The van der Waals surface area contributed by atoms with E-state index in [9.17, 15) is 0 Å². The average Bonchev–Trinajstić information content (AvgIpc) is 2.24. The van der Waals surface area contributed by atoms with Crippen molar-refractivity contribution in [1.29, 1.82) is 0 Å². The molecule has 0 saturated heterocycles. The van der Waals surface area contributed by atoms with Gasteiger partial charge in [-0.1, -0.05) is 33.1 Å². The van der Waals surface area contributed by atoms with Crippen LogP contribution in [0.5, 0.6) is 0 Å². The minimum absolute atomic E-state index is 0. The van der Waals surface area contributed by atoms with Gasteiger partial charge in [-0.15, -0.1) is 24.0 Å². The first-order chi connectivity index (χ1) is 7.24. The molecule has 0 radical (unpaired) electrons. The zero-order valence-electron chi connectivity index (χ0n) is 11.2. The molecule has 0 rings (SSSR count). The van der Waals surface area contributed by atoms with Crippen LogP contribution in [0, 0.1) is 0 Å². The molecular weight excluding hydrogens is 313 g/mol. The van der Waals surface area contributed by atoms with Gasteiger partial charge in [0.15, 0.2) is 5.96 Å². The Morgan fingerprint density at radius 2 is 1.88 bits per heavy atom. The molecule has 0 aliphatic carbocycles. The van der Waals surface area contributed by atoms with Crippen LogP contribution in [0.15, 0.2) is 4.99 Å². The van der Waals surface area contributed by atoms with Gasteiger partial charge in [0.05, 0.1) is 0 Å². The average molecular weight is 341 g/mol. The first kappa shape index (κ1) is 18.4. The van der Waals surface area contributed by atoms with Crippen molar-refractivity contribution in [3.05, 3.63) is 0 Å². The van der Waals surface area contributed by atoms with E-state index in [1.165, 1.54) is 25.7 Å². The highest BCUT2D eigenvalue weighted by atomic mass is 127. The standard InChI is InChI=1S/C12H27N3.HI/c1-5-7-8-9-11(3)15-12(13-4)14-10-6-2;/h11H,5-10H2,1-4H3,(H2,13,14,15);1H. The number of aliphatic imine (C=N–C) groups is 1. The SMILES string of the molecule is CCCCCC(C)NC(=NC)NCCC.I. The lowest BCUT2D eigenvalue weighted by Gasteiger charge is -2.17. The highest BCUT2D eigenvalue weighted by Crippen LogP contribution is 2.02. The van der Waals surface area contributed by atoms with E-state index in [0.29, 0.717) is 6.04 Å². The Balaban J connectivity index is 0. The molecule has 0 aromatic heterocycles. The van der Waals surface area contributed by atoms with Crippen molar-refractivity contribution in [2.75, 3.05) is 13.6 Å². The van der Waals surface area contributed by atoms with E-state index in [0.717, 1.165) is 18.9 Å². The van der Waals surface area contributed by atoms with Crippen LogP contribution in [-0.4, -0.2) is 25.6 Å². The van der Waals surface area contributed by atoms with Crippen molar-refractivity contribution >= 4 is 29.9 Å². The van der Waals surface area contributed by atoms with Crippen molar-refractivity contribution in [1.82, 2.24) is 10.6 Å². The van der Waals surface area contributed by atoms with Crippen LogP contribution in [-0.2, 0) is 0 Å². The lowest BCUT2D eigenvalue weighted by atomic mass is 10.1. The fourth-order valence-electron chi connectivity index (χ4n) is 1.44. The molecule has 0 amide bonds. The summed E-state index contributed by atoms with van der Waals surface area (Å²) in [5, 5.41) is 6.68. The van der Waals surface area contributed by atoms with Crippen LogP contribution in [0.1, 0.15) is 52.9 Å². The largest absolute Gasteiger partial charge is 0.356 e. The second kappa shape index (κ2) is 13.1. The monoisotopic (exact) mass is 341 g/mol. The fourth-order valence-corrected chi connectivity index (χ4v) is 1.44. The maximum absolute atomic E-state index is 4.19. The third-order valence-corrected chi connectivity index (χ3v) is 2.39. The molecule has 0 spiro atoms. The number of nitrogens with zero attached hydrogens (tertiary/aromatic N) is 1. The molecule has 0 saturated carbocycles. The summed E-state index contributed by atoms with van der Waals surface area (Å²) in [6.45, 7) is 7.60. The third-order valence-electron chi connectivity index (χ3n) is 2.39. The van der Waals surface area contributed by atoms with Crippen molar-refractivity contribution in [2.45, 2.75) is 58.9 Å². The lowest BCUT2D eigenvalue weighted by Crippen LogP contribution is -2.42. The van der Waals surface area contributed by atoms with Gasteiger partial charge < -0.3 is 10.6 Å². The summed E-state index contributed by atoms with van der Waals surface area (Å²) in [5.41, 5.74) is 0. The molecule has 0 aliphatic heterocycles. The number of nitrogens with one attached hydrogen (secondary N) is 2. The molecule has 0 bridgehead atoms. The van der Waals surface area contributed by atoms with Crippen LogP contribution in [0.2, 0.25) is 0 Å². The van der Waals surface area contributed by atoms with Gasteiger partial charge in [0.1, 0.15) is 0 Å². The van der Waals surface area contributed by atoms with Gasteiger partial charge in [0.2, 0.25) is 0 Å².